The number of ether oxygens (including phenoxy) is 2. The molecule has 32 heavy (non-hydrogen) atoms. The van der Waals surface area contributed by atoms with Crippen molar-refractivity contribution < 1.29 is 19.4 Å². The van der Waals surface area contributed by atoms with E-state index in [2.05, 4.69) is 9.88 Å². The molecular weight excluding hydrogens is 410 g/mol. The molecule has 3 aromatic rings. The zero-order valence-corrected chi connectivity index (χ0v) is 18.8. The summed E-state index contributed by atoms with van der Waals surface area (Å²) in [5, 5.41) is 9.72. The molecular formula is C23H28N5O4+. The topological polar surface area (TPSA) is 97.7 Å². The number of benzene rings is 1. The Kier molecular flexibility index (Phi) is 6.05. The molecule has 4 rings (SSSR count). The summed E-state index contributed by atoms with van der Waals surface area (Å²) < 4.78 is 11.2. The van der Waals surface area contributed by atoms with Crippen LogP contribution in [0.2, 0.25) is 0 Å². The number of rotatable bonds is 6. The number of morpholine rings is 1. The molecule has 9 nitrogen and oxygen atoms in total. The molecule has 168 valence electrons. The smallest absolute Gasteiger partial charge is 0.354 e. The van der Waals surface area contributed by atoms with Crippen LogP contribution in [0.5, 0.6) is 0 Å². The number of aromatic carboxylic acids is 1. The number of fused-ring (bicyclic) bond motifs is 1. The largest absolute Gasteiger partial charge is 0.477 e. The molecule has 0 saturated carbocycles. The minimum Gasteiger partial charge on any atom is -0.477 e. The first kappa shape index (κ1) is 22.1. The summed E-state index contributed by atoms with van der Waals surface area (Å²) in [6, 6.07) is 9.46. The van der Waals surface area contributed by atoms with Crippen molar-refractivity contribution >= 4 is 28.6 Å². The second kappa shape index (κ2) is 8.78. The van der Waals surface area contributed by atoms with Crippen LogP contribution in [-0.2, 0) is 16.1 Å². The van der Waals surface area contributed by atoms with Crippen LogP contribution in [0.4, 0.5) is 11.6 Å². The number of carboxylic acid groups (broad SMARTS) is 1. The fraction of sp³-hybridized carbons (Fsp3) is 0.391. The summed E-state index contributed by atoms with van der Waals surface area (Å²) in [4.78, 5) is 28.2. The average molecular weight is 439 g/mol. The Morgan fingerprint density at radius 2 is 1.88 bits per heavy atom. The molecule has 9 heteroatoms. The fourth-order valence-electron chi connectivity index (χ4n) is 3.78. The third kappa shape index (κ3) is 4.40. The van der Waals surface area contributed by atoms with Gasteiger partial charge in [-0.2, -0.15) is 0 Å². The first-order chi connectivity index (χ1) is 15.3. The fourth-order valence-corrected chi connectivity index (χ4v) is 3.78. The van der Waals surface area contributed by atoms with Gasteiger partial charge in [0.15, 0.2) is 16.9 Å². The van der Waals surface area contributed by atoms with Gasteiger partial charge in [0.1, 0.15) is 11.2 Å². The van der Waals surface area contributed by atoms with Crippen LogP contribution in [-0.4, -0.2) is 80.6 Å². The molecule has 0 amide bonds. The van der Waals surface area contributed by atoms with E-state index in [0.717, 1.165) is 16.8 Å². The van der Waals surface area contributed by atoms with Crippen LogP contribution in [0.25, 0.3) is 22.3 Å². The standard InChI is InChI=1S/C23H27N5O4/c1-28(2,3)18-13-17(22(29)30)24-21-19(16-7-5-6-15(12-16)14-31-4)25-23(26-20(18)21)27-8-10-32-11-9-27/h5-7,12-13H,8-11,14H2,1-4H3/p+1. The summed E-state index contributed by atoms with van der Waals surface area (Å²) in [6.45, 7) is 3.06. The van der Waals surface area contributed by atoms with Gasteiger partial charge in [0, 0.05) is 31.8 Å². The molecule has 1 aliphatic rings. The summed E-state index contributed by atoms with van der Waals surface area (Å²) in [7, 11) is 7.60. The maximum absolute atomic E-state index is 11.9. The summed E-state index contributed by atoms with van der Waals surface area (Å²) >= 11 is 0. The van der Waals surface area contributed by atoms with Crippen LogP contribution in [0, 0.1) is 0 Å². The molecule has 1 saturated heterocycles. The number of methoxy groups -OCH3 is 1. The average Bonchev–Trinajstić information content (AvgIpc) is 2.78. The van der Waals surface area contributed by atoms with Gasteiger partial charge in [-0.25, -0.2) is 19.7 Å². The van der Waals surface area contributed by atoms with E-state index in [9.17, 15) is 9.90 Å². The molecule has 0 aliphatic carbocycles. The SMILES string of the molecule is COCc1cccc(-c2nc(N3CCOCC3)nc3c([N+](C)(C)C)cc(C(=O)O)nc23)c1. The van der Waals surface area contributed by atoms with E-state index in [1.807, 2.05) is 45.4 Å². The quantitative estimate of drug-likeness (QED) is 0.587. The van der Waals surface area contributed by atoms with E-state index in [1.165, 1.54) is 0 Å². The number of nitrogens with zero attached hydrogens (tertiary/aromatic N) is 5. The van der Waals surface area contributed by atoms with E-state index >= 15 is 0 Å². The molecule has 1 aromatic carbocycles. The third-order valence-corrected chi connectivity index (χ3v) is 5.37. The minimum absolute atomic E-state index is 0.0300. The highest BCUT2D eigenvalue weighted by molar-refractivity contribution is 6.00. The molecule has 1 N–H and O–H groups in total. The summed E-state index contributed by atoms with van der Waals surface area (Å²) in [6.07, 6.45) is 0. The van der Waals surface area contributed by atoms with Crippen molar-refractivity contribution in [2.45, 2.75) is 6.61 Å². The van der Waals surface area contributed by atoms with Crippen molar-refractivity contribution in [3.8, 4) is 11.3 Å². The number of hydrogen-bond donors (Lipinski definition) is 1. The van der Waals surface area contributed by atoms with Crippen molar-refractivity contribution in [1.29, 1.82) is 0 Å². The lowest BCUT2D eigenvalue weighted by Crippen LogP contribution is -2.38. The van der Waals surface area contributed by atoms with E-state index in [1.54, 1.807) is 13.2 Å². The Labute approximate surface area is 186 Å². The second-order valence-corrected chi connectivity index (χ2v) is 8.65. The highest BCUT2D eigenvalue weighted by Crippen LogP contribution is 2.34. The van der Waals surface area contributed by atoms with Gasteiger partial charge < -0.3 is 19.5 Å². The Morgan fingerprint density at radius 3 is 2.53 bits per heavy atom. The van der Waals surface area contributed by atoms with E-state index in [-0.39, 0.29) is 5.69 Å². The van der Waals surface area contributed by atoms with E-state index in [4.69, 9.17) is 19.4 Å². The van der Waals surface area contributed by atoms with Gasteiger partial charge in [-0.15, -0.1) is 0 Å². The van der Waals surface area contributed by atoms with Gasteiger partial charge >= 0.3 is 5.97 Å². The maximum Gasteiger partial charge on any atom is 0.354 e. The molecule has 0 atom stereocenters. The van der Waals surface area contributed by atoms with Crippen molar-refractivity contribution in [3.05, 3.63) is 41.6 Å². The Bertz CT molecular complexity index is 1150. The number of aromatic nitrogens is 3. The van der Waals surface area contributed by atoms with Gasteiger partial charge in [0.05, 0.1) is 41.0 Å². The van der Waals surface area contributed by atoms with Gasteiger partial charge in [-0.05, 0) is 11.6 Å². The monoisotopic (exact) mass is 438 g/mol. The minimum atomic E-state index is -1.09. The Balaban J connectivity index is 2.04. The molecule has 1 fully saturated rings. The summed E-state index contributed by atoms with van der Waals surface area (Å²) in [5.74, 6) is -0.495. The first-order valence-electron chi connectivity index (χ1n) is 10.5. The van der Waals surface area contributed by atoms with Crippen molar-refractivity contribution in [3.63, 3.8) is 0 Å². The highest BCUT2D eigenvalue weighted by atomic mass is 16.5. The zero-order chi connectivity index (χ0) is 22.9. The van der Waals surface area contributed by atoms with Gasteiger partial charge in [0.2, 0.25) is 5.95 Å². The van der Waals surface area contributed by atoms with Gasteiger partial charge in [-0.3, -0.25) is 4.48 Å². The lowest BCUT2D eigenvalue weighted by molar-refractivity contribution is 0.0691. The molecule has 1 aliphatic heterocycles. The molecule has 0 radical (unpaired) electrons. The van der Waals surface area contributed by atoms with Crippen molar-refractivity contribution in [2.24, 2.45) is 0 Å². The zero-order valence-electron chi connectivity index (χ0n) is 18.8. The maximum atomic E-state index is 11.9. The van der Waals surface area contributed by atoms with Crippen LogP contribution < -0.4 is 9.38 Å². The Hall–Kier alpha value is -3.14. The third-order valence-electron chi connectivity index (χ3n) is 5.37. The molecule has 0 spiro atoms. The number of carboxylic acids is 1. The lowest BCUT2D eigenvalue weighted by Gasteiger charge is -2.29. The predicted molar refractivity (Wildman–Crippen MR) is 123 cm³/mol. The predicted octanol–water partition coefficient (Wildman–Crippen LogP) is 2.57. The molecule has 3 heterocycles. The number of carbonyl (C=O) groups is 1. The number of anilines is 1. The number of hydrogen-bond acceptors (Lipinski definition) is 7. The van der Waals surface area contributed by atoms with Gasteiger partial charge in [-0.1, -0.05) is 18.2 Å². The first-order valence-corrected chi connectivity index (χ1v) is 10.5. The number of quaternary nitrogens is 1. The summed E-state index contributed by atoms with van der Waals surface area (Å²) in [5.41, 5.74) is 4.28. The molecule has 2 aromatic heterocycles. The van der Waals surface area contributed by atoms with Crippen LogP contribution in [0.1, 0.15) is 16.1 Å². The highest BCUT2D eigenvalue weighted by Gasteiger charge is 2.27. The second-order valence-electron chi connectivity index (χ2n) is 8.65. The van der Waals surface area contributed by atoms with E-state index < -0.39 is 5.97 Å². The van der Waals surface area contributed by atoms with Crippen molar-refractivity contribution in [1.82, 2.24) is 19.4 Å². The molecule has 0 bridgehead atoms. The van der Waals surface area contributed by atoms with E-state index in [0.29, 0.717) is 60.1 Å². The molecule has 0 unspecified atom stereocenters. The van der Waals surface area contributed by atoms with Crippen LogP contribution in [0.15, 0.2) is 30.3 Å². The van der Waals surface area contributed by atoms with Gasteiger partial charge in [0.25, 0.3) is 0 Å². The normalized spacial score (nSPS) is 14.7. The lowest BCUT2D eigenvalue weighted by atomic mass is 10.1. The van der Waals surface area contributed by atoms with Crippen LogP contribution in [0.3, 0.4) is 0 Å². The van der Waals surface area contributed by atoms with Crippen molar-refractivity contribution in [2.75, 3.05) is 59.5 Å². The Morgan fingerprint density at radius 1 is 1.12 bits per heavy atom. The number of pyridine rings is 1. The van der Waals surface area contributed by atoms with Crippen LogP contribution >= 0.6 is 0 Å².